The fourth-order valence-electron chi connectivity index (χ4n) is 3.26. The molecule has 0 spiro atoms. The second-order valence-electron chi connectivity index (χ2n) is 6.55. The van der Waals surface area contributed by atoms with Gasteiger partial charge in [0.15, 0.2) is 5.69 Å². The molecule has 0 unspecified atom stereocenters. The van der Waals surface area contributed by atoms with E-state index in [1.54, 1.807) is 10.9 Å². The summed E-state index contributed by atoms with van der Waals surface area (Å²) in [6, 6.07) is 15.8. The molecule has 26 heavy (non-hydrogen) atoms. The third kappa shape index (κ3) is 3.31. The summed E-state index contributed by atoms with van der Waals surface area (Å²) >= 11 is 0. The van der Waals surface area contributed by atoms with Crippen molar-refractivity contribution in [3.05, 3.63) is 66.0 Å². The molecule has 6 nitrogen and oxygen atoms in total. The van der Waals surface area contributed by atoms with Crippen LogP contribution in [0.4, 0.5) is 11.4 Å². The van der Waals surface area contributed by atoms with Crippen LogP contribution in [0.25, 0.3) is 5.69 Å². The zero-order valence-electron chi connectivity index (χ0n) is 14.7. The smallest absolute Gasteiger partial charge is 0.277 e. The van der Waals surface area contributed by atoms with Crippen molar-refractivity contribution < 1.29 is 4.79 Å². The zero-order valence-corrected chi connectivity index (χ0v) is 14.7. The van der Waals surface area contributed by atoms with Crippen LogP contribution in [0, 0.1) is 6.92 Å². The van der Waals surface area contributed by atoms with E-state index >= 15 is 0 Å². The van der Waals surface area contributed by atoms with E-state index in [9.17, 15) is 4.79 Å². The van der Waals surface area contributed by atoms with Gasteiger partial charge >= 0.3 is 0 Å². The molecule has 0 bridgehead atoms. The first-order valence-corrected chi connectivity index (χ1v) is 8.85. The molecule has 1 aliphatic rings. The number of aryl methyl sites for hydroxylation is 1. The van der Waals surface area contributed by atoms with Crippen molar-refractivity contribution in [2.45, 2.75) is 19.8 Å². The Morgan fingerprint density at radius 3 is 2.69 bits per heavy atom. The van der Waals surface area contributed by atoms with E-state index in [4.69, 9.17) is 0 Å². The molecule has 0 atom stereocenters. The molecule has 1 saturated heterocycles. The molecule has 0 radical (unpaired) electrons. The summed E-state index contributed by atoms with van der Waals surface area (Å²) in [6.07, 6.45) is 4.03. The van der Waals surface area contributed by atoms with Crippen LogP contribution in [0.5, 0.6) is 0 Å². The predicted molar refractivity (Wildman–Crippen MR) is 102 cm³/mol. The molecule has 132 valence electrons. The summed E-state index contributed by atoms with van der Waals surface area (Å²) in [5, 5.41) is 11.1. The van der Waals surface area contributed by atoms with Crippen molar-refractivity contribution >= 4 is 17.3 Å². The maximum Gasteiger partial charge on any atom is 0.277 e. The molecule has 1 aromatic heterocycles. The van der Waals surface area contributed by atoms with Gasteiger partial charge in [-0.25, -0.2) is 4.68 Å². The van der Waals surface area contributed by atoms with Gasteiger partial charge in [0.1, 0.15) is 0 Å². The molecule has 1 amide bonds. The van der Waals surface area contributed by atoms with Crippen molar-refractivity contribution in [2.75, 3.05) is 23.3 Å². The summed E-state index contributed by atoms with van der Waals surface area (Å²) < 4.78 is 1.62. The average Bonchev–Trinajstić information content (AvgIpc) is 3.34. The minimum atomic E-state index is -0.254. The van der Waals surface area contributed by atoms with Gasteiger partial charge in [0.25, 0.3) is 5.91 Å². The molecule has 0 saturated carbocycles. The fourth-order valence-corrected chi connectivity index (χ4v) is 3.26. The van der Waals surface area contributed by atoms with Crippen molar-refractivity contribution in [3.63, 3.8) is 0 Å². The van der Waals surface area contributed by atoms with Gasteiger partial charge in [-0.2, -0.15) is 0 Å². The number of para-hydroxylation sites is 2. The van der Waals surface area contributed by atoms with Gasteiger partial charge in [-0.3, -0.25) is 4.79 Å². The highest BCUT2D eigenvalue weighted by molar-refractivity contribution is 6.04. The van der Waals surface area contributed by atoms with E-state index in [1.807, 2.05) is 55.5 Å². The van der Waals surface area contributed by atoms with Crippen molar-refractivity contribution in [3.8, 4) is 5.69 Å². The first-order chi connectivity index (χ1) is 12.7. The normalized spacial score (nSPS) is 13.8. The molecule has 2 aromatic carbocycles. The lowest BCUT2D eigenvalue weighted by molar-refractivity contribution is 0.102. The highest BCUT2D eigenvalue weighted by Crippen LogP contribution is 2.28. The van der Waals surface area contributed by atoms with Crippen LogP contribution in [-0.4, -0.2) is 34.0 Å². The number of carbonyl (C=O) groups is 1. The van der Waals surface area contributed by atoms with Gasteiger partial charge in [-0.05, 0) is 49.6 Å². The fraction of sp³-hybridized carbons (Fsp3) is 0.250. The lowest BCUT2D eigenvalue weighted by Gasteiger charge is -2.21. The number of hydrogen-bond donors (Lipinski definition) is 1. The van der Waals surface area contributed by atoms with E-state index in [2.05, 4.69) is 20.5 Å². The van der Waals surface area contributed by atoms with E-state index in [-0.39, 0.29) is 5.91 Å². The minimum Gasteiger partial charge on any atom is -0.370 e. The number of nitrogens with one attached hydrogen (secondary N) is 1. The SMILES string of the molecule is Cc1cccc(-n2cc(C(=O)Nc3ccccc3N3CCCC3)nn2)c1. The number of anilines is 2. The molecule has 1 fully saturated rings. The third-order valence-electron chi connectivity index (χ3n) is 4.59. The molecule has 4 rings (SSSR count). The van der Waals surface area contributed by atoms with Gasteiger partial charge in [0, 0.05) is 13.1 Å². The maximum atomic E-state index is 12.6. The molecule has 1 N–H and O–H groups in total. The Hall–Kier alpha value is -3.15. The van der Waals surface area contributed by atoms with Crippen LogP contribution in [0.15, 0.2) is 54.7 Å². The van der Waals surface area contributed by atoms with Crippen molar-refractivity contribution in [1.29, 1.82) is 0 Å². The van der Waals surface area contributed by atoms with Crippen LogP contribution in [0.1, 0.15) is 28.9 Å². The number of hydrogen-bond acceptors (Lipinski definition) is 4. The molecular formula is C20H21N5O. The number of aromatic nitrogens is 3. The summed E-state index contributed by atoms with van der Waals surface area (Å²) in [4.78, 5) is 15.0. The summed E-state index contributed by atoms with van der Waals surface area (Å²) in [6.45, 7) is 4.07. The zero-order chi connectivity index (χ0) is 17.9. The lowest BCUT2D eigenvalue weighted by Crippen LogP contribution is -2.21. The Bertz CT molecular complexity index is 927. The van der Waals surface area contributed by atoms with Crippen LogP contribution >= 0.6 is 0 Å². The van der Waals surface area contributed by atoms with Gasteiger partial charge < -0.3 is 10.2 Å². The number of amides is 1. The summed E-state index contributed by atoms with van der Waals surface area (Å²) in [5.74, 6) is -0.254. The van der Waals surface area contributed by atoms with Gasteiger partial charge in [0.05, 0.1) is 23.3 Å². The van der Waals surface area contributed by atoms with Crippen LogP contribution in [-0.2, 0) is 0 Å². The molecule has 2 heterocycles. The molecule has 3 aromatic rings. The Morgan fingerprint density at radius 1 is 1.08 bits per heavy atom. The number of benzene rings is 2. The van der Waals surface area contributed by atoms with Gasteiger partial charge in [-0.15, -0.1) is 5.10 Å². The molecular weight excluding hydrogens is 326 g/mol. The minimum absolute atomic E-state index is 0.254. The third-order valence-corrected chi connectivity index (χ3v) is 4.59. The predicted octanol–water partition coefficient (Wildman–Crippen LogP) is 3.43. The van der Waals surface area contributed by atoms with Crippen LogP contribution in [0.2, 0.25) is 0 Å². The standard InChI is InChI=1S/C20H21N5O/c1-15-7-6-8-16(13-15)25-14-18(22-23-25)20(26)21-17-9-2-3-10-19(17)24-11-4-5-12-24/h2-3,6-10,13-14H,4-5,11-12H2,1H3,(H,21,26). The summed E-state index contributed by atoms with van der Waals surface area (Å²) in [5.41, 5.74) is 4.18. The van der Waals surface area contributed by atoms with E-state index in [0.717, 1.165) is 35.7 Å². The van der Waals surface area contributed by atoms with Crippen LogP contribution in [0.3, 0.4) is 0 Å². The first-order valence-electron chi connectivity index (χ1n) is 8.85. The van der Waals surface area contributed by atoms with E-state index in [0.29, 0.717) is 5.69 Å². The van der Waals surface area contributed by atoms with E-state index < -0.39 is 0 Å². The molecule has 1 aliphatic heterocycles. The topological polar surface area (TPSA) is 63.1 Å². The monoisotopic (exact) mass is 347 g/mol. The van der Waals surface area contributed by atoms with Crippen molar-refractivity contribution in [1.82, 2.24) is 15.0 Å². The highest BCUT2D eigenvalue weighted by Gasteiger charge is 2.18. The van der Waals surface area contributed by atoms with E-state index in [1.165, 1.54) is 12.8 Å². The van der Waals surface area contributed by atoms with Crippen LogP contribution < -0.4 is 10.2 Å². The number of carbonyl (C=O) groups excluding carboxylic acids is 1. The molecule has 0 aliphatic carbocycles. The first kappa shape index (κ1) is 16.3. The van der Waals surface area contributed by atoms with Gasteiger partial charge in [-0.1, -0.05) is 29.5 Å². The Morgan fingerprint density at radius 2 is 1.88 bits per heavy atom. The second kappa shape index (κ2) is 7.00. The Kier molecular flexibility index (Phi) is 4.39. The maximum absolute atomic E-state index is 12.6. The molecule has 6 heteroatoms. The lowest BCUT2D eigenvalue weighted by atomic mass is 10.2. The van der Waals surface area contributed by atoms with Gasteiger partial charge in [0.2, 0.25) is 0 Å². The van der Waals surface area contributed by atoms with Crippen molar-refractivity contribution in [2.24, 2.45) is 0 Å². The summed E-state index contributed by atoms with van der Waals surface area (Å²) in [7, 11) is 0. The number of nitrogens with zero attached hydrogens (tertiary/aromatic N) is 4. The quantitative estimate of drug-likeness (QED) is 0.785. The highest BCUT2D eigenvalue weighted by atomic mass is 16.2. The number of rotatable bonds is 4. The largest absolute Gasteiger partial charge is 0.370 e. The average molecular weight is 347 g/mol. The Balaban J connectivity index is 1.54. The Labute approximate surface area is 152 Å². The second-order valence-corrected chi connectivity index (χ2v) is 6.55.